The van der Waals surface area contributed by atoms with Crippen molar-refractivity contribution in [2.24, 2.45) is 0 Å². The fraction of sp³-hybridized carbons (Fsp3) is 0.0769. The van der Waals surface area contributed by atoms with Gasteiger partial charge in [0, 0.05) is 14.5 Å². The Hall–Kier alpha value is -0.640. The third-order valence-corrected chi connectivity index (χ3v) is 3.55. The van der Waals surface area contributed by atoms with Crippen LogP contribution in [-0.2, 0) is 5.11 Å². The fourth-order valence-electron chi connectivity index (χ4n) is 1.54. The molecule has 2 aromatic rings. The van der Waals surface area contributed by atoms with Crippen molar-refractivity contribution in [3.8, 4) is 0 Å². The maximum absolute atomic E-state index is 12.3. The van der Waals surface area contributed by atoms with Crippen LogP contribution in [0.5, 0.6) is 0 Å². The lowest BCUT2D eigenvalue weighted by Gasteiger charge is -2.11. The topological polar surface area (TPSA) is 19.9 Å². The van der Waals surface area contributed by atoms with Crippen LogP contribution in [0.25, 0.3) is 0 Å². The minimum atomic E-state index is -0.854. The number of halogens is 2. The van der Waals surface area contributed by atoms with E-state index in [4.69, 9.17) is 0 Å². The summed E-state index contributed by atoms with van der Waals surface area (Å²) in [5.41, 5.74) is 1.53. The average molecular weight is 341 g/mol. The van der Waals surface area contributed by atoms with Gasteiger partial charge in [0.2, 0.25) is 0 Å². The molecule has 0 aliphatic rings. The molecule has 0 spiro atoms. The molecule has 3 heteroatoms. The van der Waals surface area contributed by atoms with Crippen molar-refractivity contribution in [3.63, 3.8) is 0 Å². The van der Waals surface area contributed by atoms with E-state index in [1.807, 2.05) is 48.5 Å². The van der Waals surface area contributed by atoms with Gasteiger partial charge in [-0.05, 0) is 23.8 Å². The predicted molar refractivity (Wildman–Crippen MR) is 70.8 cm³/mol. The van der Waals surface area contributed by atoms with Crippen molar-refractivity contribution in [1.29, 1.82) is 0 Å². The van der Waals surface area contributed by atoms with Gasteiger partial charge in [0.1, 0.15) is 6.10 Å². The molecular weight excluding hydrogens is 332 g/mol. The van der Waals surface area contributed by atoms with Crippen molar-refractivity contribution in [2.45, 2.75) is 6.10 Å². The van der Waals surface area contributed by atoms with Crippen LogP contribution in [0.4, 0.5) is 0 Å². The third-order valence-electron chi connectivity index (χ3n) is 2.34. The monoisotopic (exact) mass is 339 g/mol. The molecular formula is C13H9Br2O. The summed E-state index contributed by atoms with van der Waals surface area (Å²) in [6.45, 7) is 0. The first kappa shape index (κ1) is 11.8. The third kappa shape index (κ3) is 2.54. The SMILES string of the molecule is [O]C(c1cccc(Br)c1)c1ccccc1Br. The number of benzene rings is 2. The lowest BCUT2D eigenvalue weighted by atomic mass is 10.0. The Morgan fingerprint density at radius 1 is 0.938 bits per heavy atom. The van der Waals surface area contributed by atoms with E-state index in [0.717, 1.165) is 20.1 Å². The number of hydrogen-bond donors (Lipinski definition) is 0. The van der Waals surface area contributed by atoms with E-state index >= 15 is 0 Å². The van der Waals surface area contributed by atoms with Gasteiger partial charge in [-0.15, -0.1) is 0 Å². The second kappa shape index (κ2) is 5.13. The summed E-state index contributed by atoms with van der Waals surface area (Å²) in [6, 6.07) is 15.0. The van der Waals surface area contributed by atoms with Crippen LogP contribution in [-0.4, -0.2) is 0 Å². The fourth-order valence-corrected chi connectivity index (χ4v) is 2.45. The number of hydrogen-bond acceptors (Lipinski definition) is 0. The Balaban J connectivity index is 2.39. The van der Waals surface area contributed by atoms with Crippen molar-refractivity contribution in [1.82, 2.24) is 0 Å². The maximum atomic E-state index is 12.3. The van der Waals surface area contributed by atoms with Gasteiger partial charge in [-0.2, -0.15) is 0 Å². The van der Waals surface area contributed by atoms with Crippen LogP contribution in [0.2, 0.25) is 0 Å². The summed E-state index contributed by atoms with van der Waals surface area (Å²) in [6.07, 6.45) is -0.854. The molecule has 1 nitrogen and oxygen atoms in total. The molecule has 0 saturated carbocycles. The highest BCUT2D eigenvalue weighted by molar-refractivity contribution is 9.10. The van der Waals surface area contributed by atoms with Crippen LogP contribution in [0.3, 0.4) is 0 Å². The molecule has 0 bridgehead atoms. The van der Waals surface area contributed by atoms with Crippen LogP contribution < -0.4 is 0 Å². The Bertz CT molecular complexity index is 497. The molecule has 2 aromatic carbocycles. The van der Waals surface area contributed by atoms with E-state index in [1.165, 1.54) is 0 Å². The van der Waals surface area contributed by atoms with Crippen molar-refractivity contribution >= 4 is 31.9 Å². The van der Waals surface area contributed by atoms with Crippen molar-refractivity contribution in [2.75, 3.05) is 0 Å². The minimum Gasteiger partial charge on any atom is -0.223 e. The van der Waals surface area contributed by atoms with Crippen molar-refractivity contribution in [3.05, 3.63) is 68.6 Å². The summed E-state index contributed by atoms with van der Waals surface area (Å²) in [7, 11) is 0. The Labute approximate surface area is 111 Å². The normalized spacial score (nSPS) is 12.4. The summed E-state index contributed by atoms with van der Waals surface area (Å²) < 4.78 is 1.79. The van der Waals surface area contributed by atoms with Crippen LogP contribution in [0.1, 0.15) is 17.2 Å². The van der Waals surface area contributed by atoms with Gasteiger partial charge < -0.3 is 0 Å². The van der Waals surface area contributed by atoms with Gasteiger partial charge in [0.25, 0.3) is 0 Å². The molecule has 2 rings (SSSR count). The molecule has 0 N–H and O–H groups in total. The maximum Gasteiger partial charge on any atom is 0.144 e. The van der Waals surface area contributed by atoms with Crippen LogP contribution in [0.15, 0.2) is 57.5 Å². The molecule has 0 amide bonds. The molecule has 1 atom stereocenters. The molecule has 0 heterocycles. The van der Waals surface area contributed by atoms with Gasteiger partial charge in [0.05, 0.1) is 0 Å². The van der Waals surface area contributed by atoms with E-state index in [0.29, 0.717) is 0 Å². The Kier molecular flexibility index (Phi) is 3.79. The smallest absolute Gasteiger partial charge is 0.144 e. The molecule has 0 aliphatic heterocycles. The van der Waals surface area contributed by atoms with Gasteiger partial charge in [-0.3, -0.25) is 0 Å². The highest BCUT2D eigenvalue weighted by Crippen LogP contribution is 2.29. The Morgan fingerprint density at radius 3 is 2.38 bits per heavy atom. The highest BCUT2D eigenvalue weighted by atomic mass is 79.9. The zero-order valence-electron chi connectivity index (χ0n) is 8.36. The summed E-state index contributed by atoms with van der Waals surface area (Å²) in [5, 5.41) is 12.3. The zero-order valence-corrected chi connectivity index (χ0v) is 11.5. The molecule has 16 heavy (non-hydrogen) atoms. The molecule has 0 aromatic heterocycles. The number of rotatable bonds is 2. The lowest BCUT2D eigenvalue weighted by molar-refractivity contribution is 0.124. The van der Waals surface area contributed by atoms with Crippen LogP contribution >= 0.6 is 31.9 Å². The van der Waals surface area contributed by atoms with E-state index in [-0.39, 0.29) is 0 Å². The quantitative estimate of drug-likeness (QED) is 0.753. The average Bonchev–Trinajstić information content (AvgIpc) is 2.29. The molecule has 0 saturated heterocycles. The van der Waals surface area contributed by atoms with Crippen molar-refractivity contribution < 1.29 is 5.11 Å². The summed E-state index contributed by atoms with van der Waals surface area (Å²) >= 11 is 6.77. The summed E-state index contributed by atoms with van der Waals surface area (Å²) in [4.78, 5) is 0. The predicted octanol–water partition coefficient (Wildman–Crippen LogP) is 4.73. The largest absolute Gasteiger partial charge is 0.223 e. The first-order valence-electron chi connectivity index (χ1n) is 4.84. The minimum absolute atomic E-state index is 0.764. The first-order valence-corrected chi connectivity index (χ1v) is 6.43. The highest BCUT2D eigenvalue weighted by Gasteiger charge is 2.14. The zero-order chi connectivity index (χ0) is 11.5. The second-order valence-corrected chi connectivity index (χ2v) is 5.23. The molecule has 1 unspecified atom stereocenters. The van der Waals surface area contributed by atoms with E-state index < -0.39 is 6.10 Å². The van der Waals surface area contributed by atoms with Crippen LogP contribution in [0, 0.1) is 0 Å². The Morgan fingerprint density at radius 2 is 1.69 bits per heavy atom. The van der Waals surface area contributed by atoms with Gasteiger partial charge in [-0.25, -0.2) is 5.11 Å². The van der Waals surface area contributed by atoms with Gasteiger partial charge in [-0.1, -0.05) is 62.2 Å². The van der Waals surface area contributed by atoms with E-state index in [9.17, 15) is 5.11 Å². The van der Waals surface area contributed by atoms with Gasteiger partial charge >= 0.3 is 0 Å². The molecule has 1 radical (unpaired) electrons. The molecule has 81 valence electrons. The summed E-state index contributed by atoms with van der Waals surface area (Å²) in [5.74, 6) is 0. The second-order valence-electron chi connectivity index (χ2n) is 3.46. The molecule has 0 aliphatic carbocycles. The molecule has 0 fully saturated rings. The first-order chi connectivity index (χ1) is 7.68. The van der Waals surface area contributed by atoms with E-state index in [2.05, 4.69) is 31.9 Å². The van der Waals surface area contributed by atoms with Gasteiger partial charge in [0.15, 0.2) is 0 Å². The van der Waals surface area contributed by atoms with E-state index in [1.54, 1.807) is 0 Å². The lowest BCUT2D eigenvalue weighted by Crippen LogP contribution is -1.98. The standard InChI is InChI=1S/C13H9Br2O/c14-10-5-3-4-9(8-10)13(16)11-6-1-2-7-12(11)15/h1-8,13H.